The minimum Gasteiger partial charge on any atom is -0.491 e. The van der Waals surface area contributed by atoms with E-state index in [0.29, 0.717) is 99.4 Å². The average molecular weight is 949 g/mol. The molecule has 2 heterocycles. The van der Waals surface area contributed by atoms with Gasteiger partial charge in [0, 0.05) is 50.4 Å². The number of amides is 3. The average Bonchev–Trinajstić information content (AvgIpc) is 3.34. The topological polar surface area (TPSA) is 204 Å². The first-order valence-corrected chi connectivity index (χ1v) is 24.7. The first-order valence-electron chi connectivity index (χ1n) is 24.7. The van der Waals surface area contributed by atoms with Gasteiger partial charge in [0.1, 0.15) is 42.5 Å². The molecule has 2 atom stereocenters. The molecule has 4 fully saturated rings. The fraction of sp³-hybridized carbons (Fsp3) is 0.509. The zero-order valence-corrected chi connectivity index (χ0v) is 40.5. The molecule has 4 aromatic carbocycles. The summed E-state index contributed by atoms with van der Waals surface area (Å²) in [6.07, 6.45) is 5.48. The van der Waals surface area contributed by atoms with E-state index in [1.165, 1.54) is 11.1 Å². The third kappa shape index (κ3) is 13.8. The summed E-state index contributed by atoms with van der Waals surface area (Å²) in [5.74, 6) is 1.78. The minimum absolute atomic E-state index is 0.00206. The van der Waals surface area contributed by atoms with Crippen molar-refractivity contribution in [2.45, 2.75) is 139 Å². The number of alkyl carbamates (subject to hydrolysis) is 1. The fourth-order valence-electron chi connectivity index (χ4n) is 9.46. The molecule has 3 amide bonds. The quantitative estimate of drug-likeness (QED) is 0.0703. The molecule has 14 nitrogen and oxygen atoms in total. The molecule has 69 heavy (non-hydrogen) atoms. The summed E-state index contributed by atoms with van der Waals surface area (Å²) in [4.78, 5) is 41.9. The number of hydrogen-bond donors (Lipinski definition) is 6. The smallest absolute Gasteiger partial charge is 0.407 e. The lowest BCUT2D eigenvalue weighted by Crippen LogP contribution is -2.50. The summed E-state index contributed by atoms with van der Waals surface area (Å²) in [6.45, 7) is 9.19. The highest BCUT2D eigenvalue weighted by atomic mass is 16.6. The van der Waals surface area contributed by atoms with Crippen molar-refractivity contribution < 1.29 is 49.0 Å². The lowest BCUT2D eigenvalue weighted by atomic mass is 9.76. The number of aliphatic hydroxyl groups excluding tert-OH is 2. The minimum atomic E-state index is -1.05. The second-order valence-corrected chi connectivity index (χ2v) is 20.3. The first-order chi connectivity index (χ1) is 33.0. The van der Waals surface area contributed by atoms with Crippen molar-refractivity contribution in [3.63, 3.8) is 0 Å². The summed E-state index contributed by atoms with van der Waals surface area (Å²) in [5.41, 5.74) is 8.95. The normalized spacial score (nSPS) is 18.8. The van der Waals surface area contributed by atoms with Gasteiger partial charge in [-0.3, -0.25) is 9.59 Å². The van der Waals surface area contributed by atoms with Crippen molar-refractivity contribution in [3.05, 3.63) is 130 Å². The van der Waals surface area contributed by atoms with Crippen LogP contribution in [0.5, 0.6) is 11.5 Å². The zero-order chi connectivity index (χ0) is 49.2. The van der Waals surface area contributed by atoms with Crippen LogP contribution in [-0.4, -0.2) is 117 Å². The molecule has 0 bridgehead atoms. The number of nitrogens with zero attached hydrogens (tertiary/aromatic N) is 2. The second-order valence-electron chi connectivity index (χ2n) is 20.3. The van der Waals surface area contributed by atoms with Crippen LogP contribution in [0.4, 0.5) is 4.79 Å². The number of carbonyl (C=O) groups is 3. The molecule has 2 unspecified atom stereocenters. The number of carbonyl (C=O) groups excluding carboxylic acids is 3. The molecule has 4 aliphatic rings. The molecule has 2 saturated carbocycles. The molecular weight excluding hydrogens is 877 g/mol. The molecule has 8 rings (SSSR count). The van der Waals surface area contributed by atoms with E-state index in [2.05, 4.69) is 35.6 Å². The van der Waals surface area contributed by atoms with Gasteiger partial charge in [-0.05, 0) is 155 Å². The van der Waals surface area contributed by atoms with Crippen molar-refractivity contribution in [3.8, 4) is 11.5 Å². The monoisotopic (exact) mass is 949 g/mol. The molecule has 372 valence electrons. The summed E-state index contributed by atoms with van der Waals surface area (Å²) in [7, 11) is 0. The molecule has 0 spiro atoms. The number of aliphatic hydroxyl groups is 4. The third-order valence-corrected chi connectivity index (χ3v) is 14.1. The number of benzene rings is 4. The number of ether oxygens (including phenoxy) is 3. The Morgan fingerprint density at radius 3 is 1.48 bits per heavy atom. The van der Waals surface area contributed by atoms with Crippen LogP contribution in [0, 0.1) is 0 Å². The van der Waals surface area contributed by atoms with Crippen molar-refractivity contribution >= 4 is 17.9 Å². The standard InChI is InChI=1S/C30H40N2O6.C25H32N2O4/c1-29(2,3)38-28(35)31-19-21-7-4-8-23(17-21)22-11-15-32(16-12-22)27(34)24-9-5-10-25(18-24)37-20-26(33)30(36)13-6-14-30;26-16-18-4-1-5-20(14-18)19-8-12-27(13-9-19)24(29)21-6-2-7-22(15-21)31-17-23(28)25(30)10-3-11-25/h4-5,7-10,17-18,22,26,33,36H,6,11-16,19-20H2,1-3H3,(H,31,35);1-2,4-7,14-15,19,23,28,30H,3,8-13,16-17,26H2. The van der Waals surface area contributed by atoms with Gasteiger partial charge in [-0.2, -0.15) is 0 Å². The van der Waals surface area contributed by atoms with Crippen LogP contribution in [0.25, 0.3) is 0 Å². The van der Waals surface area contributed by atoms with Gasteiger partial charge in [0.15, 0.2) is 0 Å². The number of nitrogens with one attached hydrogen (secondary N) is 1. The van der Waals surface area contributed by atoms with Crippen LogP contribution in [0.2, 0.25) is 0 Å². The van der Waals surface area contributed by atoms with E-state index in [4.69, 9.17) is 19.9 Å². The number of piperidine rings is 2. The largest absolute Gasteiger partial charge is 0.491 e. The van der Waals surface area contributed by atoms with Gasteiger partial charge in [-0.15, -0.1) is 0 Å². The van der Waals surface area contributed by atoms with Crippen LogP contribution in [0.15, 0.2) is 97.1 Å². The maximum absolute atomic E-state index is 13.2. The molecule has 0 aromatic heterocycles. The Morgan fingerprint density at radius 2 is 1.07 bits per heavy atom. The molecule has 2 saturated heterocycles. The van der Waals surface area contributed by atoms with Crippen molar-refractivity contribution in [1.82, 2.24) is 15.1 Å². The molecule has 2 aliphatic heterocycles. The maximum atomic E-state index is 13.2. The fourth-order valence-corrected chi connectivity index (χ4v) is 9.46. The van der Waals surface area contributed by atoms with Gasteiger partial charge < -0.3 is 55.5 Å². The predicted molar refractivity (Wildman–Crippen MR) is 263 cm³/mol. The van der Waals surface area contributed by atoms with Crippen molar-refractivity contribution in [2.24, 2.45) is 5.73 Å². The van der Waals surface area contributed by atoms with E-state index in [1.807, 2.05) is 48.8 Å². The van der Waals surface area contributed by atoms with Gasteiger partial charge in [-0.1, -0.05) is 60.7 Å². The molecule has 4 aromatic rings. The van der Waals surface area contributed by atoms with E-state index in [9.17, 15) is 34.8 Å². The summed E-state index contributed by atoms with van der Waals surface area (Å²) >= 11 is 0. The van der Waals surface area contributed by atoms with Gasteiger partial charge in [0.25, 0.3) is 11.8 Å². The zero-order valence-electron chi connectivity index (χ0n) is 40.5. The number of hydrogen-bond acceptors (Lipinski definition) is 11. The Bertz CT molecular complexity index is 2340. The predicted octanol–water partition coefficient (Wildman–Crippen LogP) is 7.21. The molecular formula is C55H72N4O10. The van der Waals surface area contributed by atoms with E-state index in [1.54, 1.807) is 48.5 Å². The molecule has 0 radical (unpaired) electrons. The Balaban J connectivity index is 0.000000208. The Hall–Kier alpha value is -5.51. The lowest BCUT2D eigenvalue weighted by Gasteiger charge is -2.40. The summed E-state index contributed by atoms with van der Waals surface area (Å²) in [5, 5.41) is 43.7. The highest BCUT2D eigenvalue weighted by molar-refractivity contribution is 5.95. The van der Waals surface area contributed by atoms with Gasteiger partial charge in [-0.25, -0.2) is 4.79 Å². The van der Waals surface area contributed by atoms with Crippen molar-refractivity contribution in [2.75, 3.05) is 39.4 Å². The SMILES string of the molecule is CC(C)(C)OC(=O)NCc1cccc(C2CCN(C(=O)c3cccc(OCC(O)C4(O)CCC4)c3)CC2)c1.NCc1cccc(C2CCN(C(=O)c3cccc(OCC(O)C4(O)CCC4)c3)CC2)c1. The number of likely N-dealkylation sites (tertiary alicyclic amines) is 2. The van der Waals surface area contributed by atoms with E-state index in [-0.39, 0.29) is 25.0 Å². The van der Waals surface area contributed by atoms with Crippen LogP contribution in [0.3, 0.4) is 0 Å². The highest BCUT2D eigenvalue weighted by Gasteiger charge is 2.43. The summed E-state index contributed by atoms with van der Waals surface area (Å²) in [6, 6.07) is 30.7. The molecule has 7 N–H and O–H groups in total. The van der Waals surface area contributed by atoms with E-state index < -0.39 is 35.1 Å². The van der Waals surface area contributed by atoms with Gasteiger partial charge >= 0.3 is 6.09 Å². The maximum Gasteiger partial charge on any atom is 0.407 e. The highest BCUT2D eigenvalue weighted by Crippen LogP contribution is 2.37. The van der Waals surface area contributed by atoms with E-state index >= 15 is 0 Å². The number of nitrogens with two attached hydrogens (primary N) is 1. The summed E-state index contributed by atoms with van der Waals surface area (Å²) < 4.78 is 16.7. The third-order valence-electron chi connectivity index (χ3n) is 14.1. The molecule has 14 heteroatoms. The second kappa shape index (κ2) is 22.9. The Kier molecular flexibility index (Phi) is 17.1. The van der Waals surface area contributed by atoms with Crippen LogP contribution in [-0.2, 0) is 17.8 Å². The van der Waals surface area contributed by atoms with Crippen LogP contribution >= 0.6 is 0 Å². The molecule has 2 aliphatic carbocycles. The van der Waals surface area contributed by atoms with Crippen LogP contribution in [0.1, 0.15) is 140 Å². The first kappa shape index (κ1) is 51.3. The number of rotatable bonds is 15. The Morgan fingerprint density at radius 1 is 0.652 bits per heavy atom. The van der Waals surface area contributed by atoms with Crippen LogP contribution < -0.4 is 20.5 Å². The van der Waals surface area contributed by atoms with E-state index in [0.717, 1.165) is 49.7 Å². The Labute approximate surface area is 406 Å². The van der Waals surface area contributed by atoms with Gasteiger partial charge in [0.2, 0.25) is 0 Å². The lowest BCUT2D eigenvalue weighted by molar-refractivity contribution is -0.136. The van der Waals surface area contributed by atoms with Gasteiger partial charge in [0.05, 0.1) is 11.2 Å². The van der Waals surface area contributed by atoms with Crippen molar-refractivity contribution in [1.29, 1.82) is 0 Å².